The highest BCUT2D eigenvalue weighted by Gasteiger charge is 2.18. The molecule has 1 aromatic heterocycles. The molecule has 0 atom stereocenters. The van der Waals surface area contributed by atoms with Gasteiger partial charge >= 0.3 is 0 Å². The third-order valence-corrected chi connectivity index (χ3v) is 7.81. The SMILES string of the molecule is c1ccc(-c2cc3oc4ccccc4c3c3ccc(N(c4ccccc4)c4ccc5ccccc5c4)cc23)cc1. The van der Waals surface area contributed by atoms with E-state index in [-0.39, 0.29) is 0 Å². The Morgan fingerprint density at radius 2 is 1.07 bits per heavy atom. The van der Waals surface area contributed by atoms with Crippen molar-refractivity contribution >= 4 is 60.5 Å². The summed E-state index contributed by atoms with van der Waals surface area (Å²) >= 11 is 0. The number of rotatable bonds is 4. The summed E-state index contributed by atoms with van der Waals surface area (Å²) in [6.45, 7) is 0. The van der Waals surface area contributed by atoms with Crippen molar-refractivity contribution in [1.29, 1.82) is 0 Å². The van der Waals surface area contributed by atoms with Gasteiger partial charge in [-0.3, -0.25) is 0 Å². The lowest BCUT2D eigenvalue weighted by Gasteiger charge is -2.26. The molecule has 0 fully saturated rings. The summed E-state index contributed by atoms with van der Waals surface area (Å²) in [7, 11) is 0. The lowest BCUT2D eigenvalue weighted by atomic mass is 9.94. The molecule has 8 aromatic rings. The van der Waals surface area contributed by atoms with E-state index in [0.29, 0.717) is 0 Å². The van der Waals surface area contributed by atoms with Crippen LogP contribution in [0.2, 0.25) is 0 Å². The number of anilines is 3. The van der Waals surface area contributed by atoms with Crippen molar-refractivity contribution in [3.8, 4) is 11.1 Å². The Morgan fingerprint density at radius 1 is 0.400 bits per heavy atom. The second kappa shape index (κ2) is 9.14. The maximum atomic E-state index is 6.37. The molecule has 0 aliphatic rings. The van der Waals surface area contributed by atoms with E-state index in [9.17, 15) is 0 Å². The van der Waals surface area contributed by atoms with Gasteiger partial charge in [-0.05, 0) is 81.2 Å². The summed E-state index contributed by atoms with van der Waals surface area (Å²) in [5.41, 5.74) is 7.51. The molecule has 0 saturated carbocycles. The van der Waals surface area contributed by atoms with E-state index < -0.39 is 0 Å². The molecular formula is C38H25NO. The van der Waals surface area contributed by atoms with Gasteiger partial charge in [0, 0.05) is 27.8 Å². The van der Waals surface area contributed by atoms with Crippen LogP contribution in [0.5, 0.6) is 0 Å². The van der Waals surface area contributed by atoms with Crippen LogP contribution in [0.4, 0.5) is 17.1 Å². The number of hydrogen-bond donors (Lipinski definition) is 0. The number of fused-ring (bicyclic) bond motifs is 6. The minimum Gasteiger partial charge on any atom is -0.456 e. The zero-order valence-corrected chi connectivity index (χ0v) is 21.8. The predicted molar refractivity (Wildman–Crippen MR) is 169 cm³/mol. The first-order chi connectivity index (χ1) is 19.8. The van der Waals surface area contributed by atoms with Gasteiger partial charge in [0.25, 0.3) is 0 Å². The van der Waals surface area contributed by atoms with Gasteiger partial charge in [0.1, 0.15) is 11.2 Å². The molecule has 7 aromatic carbocycles. The smallest absolute Gasteiger partial charge is 0.136 e. The van der Waals surface area contributed by atoms with Crippen molar-refractivity contribution in [3.63, 3.8) is 0 Å². The molecule has 2 nitrogen and oxygen atoms in total. The molecule has 0 saturated heterocycles. The Morgan fingerprint density at radius 3 is 1.93 bits per heavy atom. The highest BCUT2D eigenvalue weighted by atomic mass is 16.3. The quantitative estimate of drug-likeness (QED) is 0.234. The van der Waals surface area contributed by atoms with Crippen LogP contribution >= 0.6 is 0 Å². The first-order valence-electron chi connectivity index (χ1n) is 13.6. The molecule has 0 amide bonds. The van der Waals surface area contributed by atoms with Gasteiger partial charge in [-0.1, -0.05) is 103 Å². The van der Waals surface area contributed by atoms with Gasteiger partial charge in [-0.15, -0.1) is 0 Å². The Kier molecular flexibility index (Phi) is 5.17. The van der Waals surface area contributed by atoms with E-state index in [1.807, 2.05) is 6.07 Å². The van der Waals surface area contributed by atoms with Crippen molar-refractivity contribution in [3.05, 3.63) is 152 Å². The Hall–Kier alpha value is -5.34. The normalized spacial score (nSPS) is 11.5. The van der Waals surface area contributed by atoms with E-state index in [1.54, 1.807) is 0 Å². The molecular weight excluding hydrogens is 486 g/mol. The second-order valence-corrected chi connectivity index (χ2v) is 10.2. The molecule has 0 N–H and O–H groups in total. The van der Waals surface area contributed by atoms with Crippen molar-refractivity contribution in [2.45, 2.75) is 0 Å². The lowest BCUT2D eigenvalue weighted by molar-refractivity contribution is 0.669. The Labute approximate surface area is 232 Å². The van der Waals surface area contributed by atoms with Gasteiger partial charge < -0.3 is 9.32 Å². The zero-order valence-electron chi connectivity index (χ0n) is 21.8. The fraction of sp³-hybridized carbons (Fsp3) is 0. The molecule has 0 bridgehead atoms. The minimum atomic E-state index is 0.912. The largest absolute Gasteiger partial charge is 0.456 e. The number of benzene rings is 7. The van der Waals surface area contributed by atoms with Crippen LogP contribution in [0.3, 0.4) is 0 Å². The van der Waals surface area contributed by atoms with Gasteiger partial charge in [-0.2, -0.15) is 0 Å². The number of hydrogen-bond acceptors (Lipinski definition) is 2. The summed E-state index contributed by atoms with van der Waals surface area (Å²) in [5.74, 6) is 0. The van der Waals surface area contributed by atoms with Crippen molar-refractivity contribution in [1.82, 2.24) is 0 Å². The molecule has 0 unspecified atom stereocenters. The zero-order chi connectivity index (χ0) is 26.5. The maximum Gasteiger partial charge on any atom is 0.136 e. The molecule has 0 radical (unpaired) electrons. The Balaban J connectivity index is 1.43. The summed E-state index contributed by atoms with van der Waals surface area (Å²) < 4.78 is 6.37. The van der Waals surface area contributed by atoms with Crippen LogP contribution in [-0.2, 0) is 0 Å². The van der Waals surface area contributed by atoms with Crippen molar-refractivity contribution < 1.29 is 4.42 Å². The standard InChI is InChI=1S/C38H25NO/c1-3-12-27(13-4-1)34-25-37-38(33-17-9-10-18-36(33)40-37)32-22-21-31(24-35(32)34)39(29-15-5-2-6-16-29)30-20-19-26-11-7-8-14-28(26)23-30/h1-25H. The molecule has 188 valence electrons. The average Bonchev–Trinajstić information content (AvgIpc) is 3.40. The molecule has 0 spiro atoms. The fourth-order valence-corrected chi connectivity index (χ4v) is 5.96. The lowest BCUT2D eigenvalue weighted by Crippen LogP contribution is -2.09. The highest BCUT2D eigenvalue weighted by Crippen LogP contribution is 2.43. The summed E-state index contributed by atoms with van der Waals surface area (Å²) in [4.78, 5) is 2.35. The topological polar surface area (TPSA) is 16.4 Å². The average molecular weight is 512 g/mol. The van der Waals surface area contributed by atoms with Crippen molar-refractivity contribution in [2.75, 3.05) is 4.90 Å². The summed E-state index contributed by atoms with van der Waals surface area (Å²) in [6.07, 6.45) is 0. The van der Waals surface area contributed by atoms with Gasteiger partial charge in [0.05, 0.1) is 0 Å². The molecule has 0 aliphatic heterocycles. The molecule has 40 heavy (non-hydrogen) atoms. The third kappa shape index (κ3) is 3.65. The van der Waals surface area contributed by atoms with Gasteiger partial charge in [-0.25, -0.2) is 0 Å². The third-order valence-electron chi connectivity index (χ3n) is 7.81. The second-order valence-electron chi connectivity index (χ2n) is 10.2. The van der Waals surface area contributed by atoms with Gasteiger partial charge in [0.15, 0.2) is 0 Å². The van der Waals surface area contributed by atoms with E-state index in [2.05, 4.69) is 150 Å². The first-order valence-corrected chi connectivity index (χ1v) is 13.6. The molecule has 0 aliphatic carbocycles. The van der Waals surface area contributed by atoms with Crippen LogP contribution in [0, 0.1) is 0 Å². The van der Waals surface area contributed by atoms with Gasteiger partial charge in [0.2, 0.25) is 0 Å². The molecule has 1 heterocycles. The van der Waals surface area contributed by atoms with Crippen LogP contribution in [0.15, 0.2) is 156 Å². The van der Waals surface area contributed by atoms with E-state index in [1.165, 1.54) is 27.1 Å². The minimum absolute atomic E-state index is 0.912. The monoisotopic (exact) mass is 511 g/mol. The molecule has 8 rings (SSSR count). The van der Waals surface area contributed by atoms with Crippen LogP contribution < -0.4 is 4.90 Å². The van der Waals surface area contributed by atoms with Crippen LogP contribution in [0.1, 0.15) is 0 Å². The number of nitrogens with zero attached hydrogens (tertiary/aromatic N) is 1. The predicted octanol–water partition coefficient (Wildman–Crippen LogP) is 11.0. The van der Waals surface area contributed by atoms with E-state index in [0.717, 1.165) is 44.6 Å². The molecule has 2 heteroatoms. The van der Waals surface area contributed by atoms with Crippen molar-refractivity contribution in [2.24, 2.45) is 0 Å². The van der Waals surface area contributed by atoms with E-state index >= 15 is 0 Å². The Bertz CT molecular complexity index is 2160. The number of para-hydroxylation sites is 2. The first kappa shape index (κ1) is 22.6. The summed E-state index contributed by atoms with van der Waals surface area (Å²) in [5, 5.41) is 7.15. The maximum absolute atomic E-state index is 6.37. The van der Waals surface area contributed by atoms with Crippen LogP contribution in [0.25, 0.3) is 54.6 Å². The number of furan rings is 1. The summed E-state index contributed by atoms with van der Waals surface area (Å²) in [6, 6.07) is 53.8. The van der Waals surface area contributed by atoms with E-state index in [4.69, 9.17) is 4.42 Å². The van der Waals surface area contributed by atoms with Crippen LogP contribution in [-0.4, -0.2) is 0 Å². The fourth-order valence-electron chi connectivity index (χ4n) is 5.96. The highest BCUT2D eigenvalue weighted by molar-refractivity contribution is 6.22.